The molecule has 1 saturated heterocycles. The Kier molecular flexibility index (Phi) is 5.21. The molecule has 1 aliphatic heterocycles. The van der Waals surface area contributed by atoms with Crippen LogP contribution in [0.4, 0.5) is 0 Å². The summed E-state index contributed by atoms with van der Waals surface area (Å²) in [5.74, 6) is 0.420. The van der Waals surface area contributed by atoms with E-state index in [9.17, 15) is 4.79 Å². The Morgan fingerprint density at radius 1 is 1.50 bits per heavy atom. The zero-order chi connectivity index (χ0) is 17.1. The number of carbonyl (C=O) groups is 1. The summed E-state index contributed by atoms with van der Waals surface area (Å²) in [7, 11) is 0. The Balaban J connectivity index is 1.84. The summed E-state index contributed by atoms with van der Waals surface area (Å²) in [4.78, 5) is 12.7. The molecule has 24 heavy (non-hydrogen) atoms. The molecule has 1 aromatic heterocycles. The SMILES string of the molecule is CCc1c(C(=O)NC2CNCCC2C)cnn1-c1cccc(Cl)c1. The average Bonchev–Trinajstić information content (AvgIpc) is 3.01. The van der Waals surface area contributed by atoms with Crippen molar-refractivity contribution in [3.63, 3.8) is 0 Å². The molecule has 2 heterocycles. The third kappa shape index (κ3) is 3.47. The highest BCUT2D eigenvalue weighted by Gasteiger charge is 2.25. The van der Waals surface area contributed by atoms with E-state index in [1.165, 1.54) is 0 Å². The van der Waals surface area contributed by atoms with Crippen LogP contribution in [0.25, 0.3) is 5.69 Å². The minimum Gasteiger partial charge on any atom is -0.348 e. The fourth-order valence-corrected chi connectivity index (χ4v) is 3.35. The molecule has 0 bridgehead atoms. The van der Waals surface area contributed by atoms with Crippen LogP contribution >= 0.6 is 11.6 Å². The molecule has 1 aromatic carbocycles. The number of hydrogen-bond donors (Lipinski definition) is 2. The Morgan fingerprint density at radius 3 is 3.04 bits per heavy atom. The Bertz CT molecular complexity index is 728. The van der Waals surface area contributed by atoms with Crippen LogP contribution < -0.4 is 10.6 Å². The van der Waals surface area contributed by atoms with Gasteiger partial charge in [-0.15, -0.1) is 0 Å². The van der Waals surface area contributed by atoms with Gasteiger partial charge in [-0.05, 0) is 43.5 Å². The van der Waals surface area contributed by atoms with Crippen molar-refractivity contribution in [1.82, 2.24) is 20.4 Å². The Labute approximate surface area is 147 Å². The van der Waals surface area contributed by atoms with Gasteiger partial charge in [0.2, 0.25) is 0 Å². The van der Waals surface area contributed by atoms with Crippen molar-refractivity contribution >= 4 is 17.5 Å². The molecule has 2 unspecified atom stereocenters. The summed E-state index contributed by atoms with van der Waals surface area (Å²) >= 11 is 6.08. The van der Waals surface area contributed by atoms with Gasteiger partial charge >= 0.3 is 0 Å². The number of nitrogens with zero attached hydrogens (tertiary/aromatic N) is 2. The lowest BCUT2D eigenvalue weighted by Gasteiger charge is -2.30. The maximum absolute atomic E-state index is 12.7. The molecular weight excluding hydrogens is 324 g/mol. The fourth-order valence-electron chi connectivity index (χ4n) is 3.16. The third-order valence-corrected chi connectivity index (χ3v) is 4.88. The number of halogens is 1. The molecule has 0 radical (unpaired) electrons. The zero-order valence-corrected chi connectivity index (χ0v) is 14.8. The van der Waals surface area contributed by atoms with Crippen molar-refractivity contribution in [2.24, 2.45) is 5.92 Å². The lowest BCUT2D eigenvalue weighted by molar-refractivity contribution is 0.0914. The van der Waals surface area contributed by atoms with E-state index in [0.29, 0.717) is 22.9 Å². The van der Waals surface area contributed by atoms with Crippen molar-refractivity contribution in [2.75, 3.05) is 13.1 Å². The van der Waals surface area contributed by atoms with Gasteiger partial charge in [-0.2, -0.15) is 5.10 Å². The summed E-state index contributed by atoms with van der Waals surface area (Å²) in [5, 5.41) is 11.6. The molecule has 6 heteroatoms. The molecular formula is C18H23ClN4O. The topological polar surface area (TPSA) is 59.0 Å². The molecule has 5 nitrogen and oxygen atoms in total. The van der Waals surface area contributed by atoms with Gasteiger partial charge in [0.25, 0.3) is 5.91 Å². The highest BCUT2D eigenvalue weighted by Crippen LogP contribution is 2.20. The monoisotopic (exact) mass is 346 g/mol. The van der Waals surface area contributed by atoms with E-state index in [2.05, 4.69) is 22.7 Å². The van der Waals surface area contributed by atoms with Crippen molar-refractivity contribution in [2.45, 2.75) is 32.7 Å². The first kappa shape index (κ1) is 17.0. The van der Waals surface area contributed by atoms with E-state index in [-0.39, 0.29) is 11.9 Å². The van der Waals surface area contributed by atoms with E-state index in [1.54, 1.807) is 10.9 Å². The lowest BCUT2D eigenvalue weighted by Crippen LogP contribution is -2.50. The standard InChI is InChI=1S/C18H23ClN4O/c1-3-17-15(18(24)22-16-11-20-8-7-12(16)2)10-21-23(17)14-6-4-5-13(19)9-14/h4-6,9-10,12,16,20H,3,7-8,11H2,1-2H3,(H,22,24). The van der Waals surface area contributed by atoms with Gasteiger partial charge in [-0.1, -0.05) is 31.5 Å². The first-order valence-electron chi connectivity index (χ1n) is 8.44. The molecule has 3 rings (SSSR count). The molecule has 1 fully saturated rings. The van der Waals surface area contributed by atoms with Crippen molar-refractivity contribution < 1.29 is 4.79 Å². The highest BCUT2D eigenvalue weighted by molar-refractivity contribution is 6.30. The van der Waals surface area contributed by atoms with Crippen LogP contribution in [0.2, 0.25) is 5.02 Å². The van der Waals surface area contributed by atoms with Crippen LogP contribution in [0.1, 0.15) is 36.3 Å². The van der Waals surface area contributed by atoms with Gasteiger partial charge < -0.3 is 10.6 Å². The van der Waals surface area contributed by atoms with Crippen molar-refractivity contribution in [3.8, 4) is 5.69 Å². The molecule has 2 aromatic rings. The van der Waals surface area contributed by atoms with E-state index < -0.39 is 0 Å². The van der Waals surface area contributed by atoms with Gasteiger partial charge in [0.05, 0.1) is 23.1 Å². The number of hydrogen-bond acceptors (Lipinski definition) is 3. The molecule has 0 aliphatic carbocycles. The van der Waals surface area contributed by atoms with Crippen LogP contribution in [0.15, 0.2) is 30.5 Å². The van der Waals surface area contributed by atoms with Crippen LogP contribution in [-0.2, 0) is 6.42 Å². The second-order valence-corrected chi connectivity index (χ2v) is 6.74. The Hall–Kier alpha value is -1.85. The molecule has 1 amide bonds. The number of rotatable bonds is 4. The van der Waals surface area contributed by atoms with Crippen molar-refractivity contribution in [3.05, 3.63) is 46.7 Å². The predicted molar refractivity (Wildman–Crippen MR) is 95.9 cm³/mol. The zero-order valence-electron chi connectivity index (χ0n) is 14.1. The van der Waals surface area contributed by atoms with Gasteiger partial charge in [0.1, 0.15) is 0 Å². The number of piperidine rings is 1. The summed E-state index contributed by atoms with van der Waals surface area (Å²) < 4.78 is 1.79. The Morgan fingerprint density at radius 2 is 2.33 bits per heavy atom. The van der Waals surface area contributed by atoms with Crippen LogP contribution in [-0.4, -0.2) is 34.8 Å². The average molecular weight is 347 g/mol. The van der Waals surface area contributed by atoms with E-state index in [4.69, 9.17) is 11.6 Å². The molecule has 2 N–H and O–H groups in total. The summed E-state index contributed by atoms with van der Waals surface area (Å²) in [5.41, 5.74) is 2.40. The normalized spacial score (nSPS) is 20.8. The third-order valence-electron chi connectivity index (χ3n) is 4.65. The van der Waals surface area contributed by atoms with Crippen molar-refractivity contribution in [1.29, 1.82) is 0 Å². The molecule has 2 atom stereocenters. The van der Waals surface area contributed by atoms with Gasteiger partial charge in [0, 0.05) is 17.6 Å². The highest BCUT2D eigenvalue weighted by atomic mass is 35.5. The summed E-state index contributed by atoms with van der Waals surface area (Å²) in [6, 6.07) is 7.65. The summed E-state index contributed by atoms with van der Waals surface area (Å²) in [6.45, 7) is 6.04. The molecule has 0 saturated carbocycles. The smallest absolute Gasteiger partial charge is 0.255 e. The number of nitrogens with one attached hydrogen (secondary N) is 2. The molecule has 128 valence electrons. The maximum Gasteiger partial charge on any atom is 0.255 e. The van der Waals surface area contributed by atoms with E-state index >= 15 is 0 Å². The predicted octanol–water partition coefficient (Wildman–Crippen LogP) is 2.82. The number of carbonyl (C=O) groups excluding carboxylic acids is 1. The second-order valence-electron chi connectivity index (χ2n) is 6.30. The first-order valence-corrected chi connectivity index (χ1v) is 8.82. The van der Waals surface area contributed by atoms with Gasteiger partial charge in [-0.25, -0.2) is 4.68 Å². The van der Waals surface area contributed by atoms with Crippen LogP contribution in [0.5, 0.6) is 0 Å². The lowest BCUT2D eigenvalue weighted by atomic mass is 9.94. The van der Waals surface area contributed by atoms with Crippen LogP contribution in [0, 0.1) is 5.92 Å². The second kappa shape index (κ2) is 7.36. The minimum absolute atomic E-state index is 0.0549. The van der Waals surface area contributed by atoms with Crippen LogP contribution in [0.3, 0.4) is 0 Å². The fraction of sp³-hybridized carbons (Fsp3) is 0.444. The van der Waals surface area contributed by atoms with Gasteiger partial charge in [-0.3, -0.25) is 4.79 Å². The van der Waals surface area contributed by atoms with E-state index in [1.807, 2.05) is 31.2 Å². The summed E-state index contributed by atoms with van der Waals surface area (Å²) in [6.07, 6.45) is 3.44. The molecule has 1 aliphatic rings. The first-order chi connectivity index (χ1) is 11.6. The number of amides is 1. The maximum atomic E-state index is 12.7. The largest absolute Gasteiger partial charge is 0.348 e. The quantitative estimate of drug-likeness (QED) is 0.895. The van der Waals surface area contributed by atoms with Gasteiger partial charge in [0.15, 0.2) is 0 Å². The number of aromatic nitrogens is 2. The van der Waals surface area contributed by atoms with E-state index in [0.717, 1.165) is 30.9 Å². The number of benzene rings is 1. The molecule has 0 spiro atoms. The minimum atomic E-state index is -0.0549.